The summed E-state index contributed by atoms with van der Waals surface area (Å²) in [6.07, 6.45) is 2.80. The predicted octanol–water partition coefficient (Wildman–Crippen LogP) is 4.13. The lowest BCUT2D eigenvalue weighted by Gasteiger charge is -2.39. The van der Waals surface area contributed by atoms with E-state index >= 15 is 0 Å². The van der Waals surface area contributed by atoms with Gasteiger partial charge in [-0.3, -0.25) is 34.2 Å². The van der Waals surface area contributed by atoms with E-state index in [9.17, 15) is 37.5 Å². The fraction of sp³-hybridized carbons (Fsp3) is 0.244. The van der Waals surface area contributed by atoms with Crippen LogP contribution in [0, 0.1) is 12.8 Å². The Bertz CT molecular complexity index is 2450. The standard InChI is InChI=1S/C41H37N5O9S/c1-23-8-11-27(12-9-23)56(53,54)45-18-16-28-32(22-47)43-31-13-10-25(21-30(31)38(28)45)24-4-2-5-26(20-24)42-36(49)17-19-55-34-7-3-6-29-37(34)41(52)46(40(29)51)33-14-15-35(48)44-39(33)50/h2-13,17,19-21,28,32-33,38,43,47H,14-16,18,22H2,1H3,(H,42,49)(H,44,48,50)/t28-,32+,33?,38-/m1/s1. The van der Waals surface area contributed by atoms with Gasteiger partial charge in [0.2, 0.25) is 21.8 Å². The van der Waals surface area contributed by atoms with Gasteiger partial charge < -0.3 is 20.5 Å². The predicted molar refractivity (Wildman–Crippen MR) is 204 cm³/mol. The van der Waals surface area contributed by atoms with E-state index in [0.29, 0.717) is 18.7 Å². The van der Waals surface area contributed by atoms with Gasteiger partial charge >= 0.3 is 0 Å². The third-order valence-electron chi connectivity index (χ3n) is 10.8. The Labute approximate surface area is 322 Å². The lowest BCUT2D eigenvalue weighted by atomic mass is 9.82. The Morgan fingerprint density at radius 3 is 2.48 bits per heavy atom. The van der Waals surface area contributed by atoms with Crippen molar-refractivity contribution in [1.82, 2.24) is 14.5 Å². The molecule has 4 atom stereocenters. The first-order valence-corrected chi connectivity index (χ1v) is 19.6. The molecule has 0 aliphatic carbocycles. The summed E-state index contributed by atoms with van der Waals surface area (Å²) in [5, 5.41) is 18.6. The number of rotatable bonds is 9. The van der Waals surface area contributed by atoms with Gasteiger partial charge in [-0.1, -0.05) is 42.0 Å². The van der Waals surface area contributed by atoms with Crippen molar-refractivity contribution in [1.29, 1.82) is 0 Å². The number of amides is 5. The molecular weight excluding hydrogens is 739 g/mol. The van der Waals surface area contributed by atoms with Crippen molar-refractivity contribution in [2.24, 2.45) is 5.92 Å². The minimum atomic E-state index is -3.84. The van der Waals surface area contributed by atoms with Crippen molar-refractivity contribution in [3.63, 3.8) is 0 Å². The Morgan fingerprint density at radius 1 is 0.946 bits per heavy atom. The molecule has 15 heteroatoms. The molecule has 1 unspecified atom stereocenters. The second-order valence-electron chi connectivity index (χ2n) is 14.2. The average Bonchev–Trinajstić information content (AvgIpc) is 3.75. The number of sulfonamides is 1. The third kappa shape index (κ3) is 6.52. The number of nitrogens with zero attached hydrogens (tertiary/aromatic N) is 2. The third-order valence-corrected chi connectivity index (χ3v) is 12.7. The lowest BCUT2D eigenvalue weighted by molar-refractivity contribution is -0.136. The van der Waals surface area contributed by atoms with Crippen LogP contribution < -0.4 is 20.7 Å². The molecule has 14 nitrogen and oxygen atoms in total. The quantitative estimate of drug-likeness (QED) is 0.109. The van der Waals surface area contributed by atoms with Gasteiger partial charge in [0.25, 0.3) is 17.7 Å². The molecule has 0 saturated carbocycles. The summed E-state index contributed by atoms with van der Waals surface area (Å²) >= 11 is 0. The first-order chi connectivity index (χ1) is 26.9. The number of aryl methyl sites for hydroxylation is 1. The van der Waals surface area contributed by atoms with Crippen molar-refractivity contribution >= 4 is 50.9 Å². The molecule has 0 radical (unpaired) electrons. The maximum atomic E-state index is 14.0. The molecule has 2 saturated heterocycles. The van der Waals surface area contributed by atoms with E-state index in [1.807, 2.05) is 31.2 Å². The first-order valence-electron chi connectivity index (χ1n) is 18.1. The Hall–Kier alpha value is -6.16. The van der Waals surface area contributed by atoms with Crippen LogP contribution in [0.3, 0.4) is 0 Å². The number of carbonyl (C=O) groups is 5. The van der Waals surface area contributed by atoms with Crippen molar-refractivity contribution in [3.8, 4) is 16.9 Å². The molecule has 4 aromatic rings. The van der Waals surface area contributed by atoms with Crippen molar-refractivity contribution in [2.45, 2.75) is 49.2 Å². The van der Waals surface area contributed by atoms with Gasteiger partial charge in [0.05, 0.1) is 41.0 Å². The lowest BCUT2D eigenvalue weighted by Crippen LogP contribution is -2.54. The number of fused-ring (bicyclic) bond motifs is 4. The molecule has 4 aromatic carbocycles. The van der Waals surface area contributed by atoms with E-state index in [4.69, 9.17) is 4.74 Å². The normalized spacial score (nSPS) is 22.0. The van der Waals surface area contributed by atoms with E-state index in [1.165, 1.54) is 18.2 Å². The molecule has 2 fully saturated rings. The SMILES string of the molecule is Cc1ccc(S(=O)(=O)N2CC[C@@H]3[C@H](CO)Nc4ccc(-c5cccc(NC(=O)C=COc6cccc7c6C(=O)N(C6CCC(=O)NC6=O)C7=O)c5)cc4[C@@H]32)cc1. The van der Waals surface area contributed by atoms with Crippen LogP contribution in [0.4, 0.5) is 11.4 Å². The fourth-order valence-corrected chi connectivity index (χ4v) is 9.69. The van der Waals surface area contributed by atoms with E-state index < -0.39 is 51.6 Å². The number of hydrogen-bond donors (Lipinski definition) is 4. The van der Waals surface area contributed by atoms with Gasteiger partial charge in [0, 0.05) is 36.3 Å². The highest BCUT2D eigenvalue weighted by atomic mass is 32.2. The molecule has 4 N–H and O–H groups in total. The summed E-state index contributed by atoms with van der Waals surface area (Å²) in [6, 6.07) is 22.2. The average molecular weight is 776 g/mol. The topological polar surface area (TPSA) is 192 Å². The van der Waals surface area contributed by atoms with Crippen molar-refractivity contribution < 1.29 is 42.2 Å². The number of carbonyl (C=O) groups excluding carboxylic acids is 5. The van der Waals surface area contributed by atoms with Gasteiger partial charge in [-0.25, -0.2) is 8.42 Å². The van der Waals surface area contributed by atoms with Crippen molar-refractivity contribution in [3.05, 3.63) is 120 Å². The summed E-state index contributed by atoms with van der Waals surface area (Å²) in [6.45, 7) is 2.07. The van der Waals surface area contributed by atoms with Crippen LogP contribution in [-0.4, -0.2) is 77.5 Å². The Kier molecular flexibility index (Phi) is 9.52. The number of piperidine rings is 1. The summed E-state index contributed by atoms with van der Waals surface area (Å²) in [4.78, 5) is 64.6. The van der Waals surface area contributed by atoms with Crippen LogP contribution in [0.2, 0.25) is 0 Å². The summed E-state index contributed by atoms with van der Waals surface area (Å²) in [5.41, 5.74) is 4.52. The zero-order valence-corrected chi connectivity index (χ0v) is 30.9. The summed E-state index contributed by atoms with van der Waals surface area (Å²) in [7, 11) is -3.84. The molecule has 4 heterocycles. The number of benzene rings is 4. The van der Waals surface area contributed by atoms with E-state index in [-0.39, 0.29) is 53.2 Å². The highest BCUT2D eigenvalue weighted by Gasteiger charge is 2.49. The number of ether oxygens (including phenoxy) is 1. The highest BCUT2D eigenvalue weighted by Crippen LogP contribution is 2.49. The molecule has 56 heavy (non-hydrogen) atoms. The molecule has 4 aliphatic heterocycles. The van der Waals surface area contributed by atoms with Crippen LogP contribution in [0.25, 0.3) is 11.1 Å². The van der Waals surface area contributed by atoms with E-state index in [2.05, 4.69) is 16.0 Å². The molecule has 0 aromatic heterocycles. The van der Waals surface area contributed by atoms with Crippen LogP contribution in [0.1, 0.15) is 57.1 Å². The molecule has 5 amide bonds. The van der Waals surface area contributed by atoms with Gasteiger partial charge in [-0.15, -0.1) is 0 Å². The van der Waals surface area contributed by atoms with Gasteiger partial charge in [-0.05, 0) is 85.0 Å². The smallest absolute Gasteiger partial charge is 0.266 e. The number of imide groups is 2. The second-order valence-corrected chi connectivity index (χ2v) is 16.1. The zero-order chi connectivity index (χ0) is 39.3. The number of nitrogens with one attached hydrogen (secondary N) is 3. The van der Waals surface area contributed by atoms with Crippen LogP contribution in [-0.2, 0) is 24.4 Å². The Morgan fingerprint density at radius 2 is 1.71 bits per heavy atom. The van der Waals surface area contributed by atoms with Gasteiger partial charge in [0.15, 0.2) is 0 Å². The minimum Gasteiger partial charge on any atom is -0.464 e. The molecule has 286 valence electrons. The minimum absolute atomic E-state index is 0.00837. The molecule has 0 bridgehead atoms. The molecule has 8 rings (SSSR count). The fourth-order valence-electron chi connectivity index (χ4n) is 8.03. The summed E-state index contributed by atoms with van der Waals surface area (Å²) < 4.78 is 35.1. The van der Waals surface area contributed by atoms with Gasteiger partial charge in [-0.2, -0.15) is 4.31 Å². The second kappa shape index (κ2) is 14.5. The van der Waals surface area contributed by atoms with Crippen LogP contribution in [0.15, 0.2) is 102 Å². The number of anilines is 2. The number of aliphatic hydroxyl groups excluding tert-OH is 1. The van der Waals surface area contributed by atoms with E-state index in [0.717, 1.165) is 45.2 Å². The van der Waals surface area contributed by atoms with E-state index in [1.54, 1.807) is 46.8 Å². The highest BCUT2D eigenvalue weighted by molar-refractivity contribution is 7.89. The maximum Gasteiger partial charge on any atom is 0.266 e. The number of hydrogen-bond acceptors (Lipinski definition) is 10. The maximum absolute atomic E-state index is 14.0. The van der Waals surface area contributed by atoms with Crippen LogP contribution >= 0.6 is 0 Å². The molecule has 0 spiro atoms. The van der Waals surface area contributed by atoms with Gasteiger partial charge in [0.1, 0.15) is 11.8 Å². The van der Waals surface area contributed by atoms with Crippen molar-refractivity contribution in [2.75, 3.05) is 23.8 Å². The Balaban J connectivity index is 0.985. The summed E-state index contributed by atoms with van der Waals surface area (Å²) in [5.74, 6) is -3.29. The largest absolute Gasteiger partial charge is 0.464 e. The number of aliphatic hydroxyl groups is 1. The van der Waals surface area contributed by atoms with Crippen LogP contribution in [0.5, 0.6) is 5.75 Å². The zero-order valence-electron chi connectivity index (χ0n) is 30.1. The first kappa shape index (κ1) is 36.8. The molecule has 4 aliphatic rings. The molecular formula is C41H37N5O9S. The monoisotopic (exact) mass is 775 g/mol.